The molecule has 0 bridgehead atoms. The maximum Gasteiger partial charge on any atom is 0.122 e. The third kappa shape index (κ3) is 5.73. The summed E-state index contributed by atoms with van der Waals surface area (Å²) in [6, 6.07) is 10.5. The summed E-state index contributed by atoms with van der Waals surface area (Å²) in [5, 5.41) is 3.34. The molecule has 0 aliphatic heterocycles. The molecule has 24 heavy (non-hydrogen) atoms. The monoisotopic (exact) mass is 326 g/mol. The summed E-state index contributed by atoms with van der Waals surface area (Å²) in [7, 11) is 0. The fraction of sp³-hybridized carbons (Fsp3) is 0.333. The Hall–Kier alpha value is -2.29. The number of allylic oxidation sites excluding steroid dienone is 5. The Morgan fingerprint density at radius 1 is 1.21 bits per heavy atom. The Bertz CT molecular complexity index is 614. The van der Waals surface area contributed by atoms with Crippen molar-refractivity contribution in [2.45, 2.75) is 26.2 Å². The molecule has 0 spiro atoms. The van der Waals surface area contributed by atoms with Crippen LogP contribution in [-0.2, 0) is 6.42 Å². The lowest BCUT2D eigenvalue weighted by Crippen LogP contribution is -2.33. The molecule has 1 aromatic rings. The van der Waals surface area contributed by atoms with Gasteiger partial charge in [-0.2, -0.15) is 0 Å². The lowest BCUT2D eigenvalue weighted by molar-refractivity contribution is 0.341. The summed E-state index contributed by atoms with van der Waals surface area (Å²) < 4.78 is 13.9. The van der Waals surface area contributed by atoms with Gasteiger partial charge in [-0.25, -0.2) is 4.39 Å². The van der Waals surface area contributed by atoms with Crippen molar-refractivity contribution in [3.8, 4) is 0 Å². The number of hydrogen-bond donors (Lipinski definition) is 1. The molecule has 3 heteroatoms. The van der Waals surface area contributed by atoms with Crippen molar-refractivity contribution in [3.05, 3.63) is 84.0 Å². The highest BCUT2D eigenvalue weighted by molar-refractivity contribution is 5.28. The van der Waals surface area contributed by atoms with E-state index in [4.69, 9.17) is 0 Å². The van der Waals surface area contributed by atoms with E-state index in [0.29, 0.717) is 19.4 Å². The van der Waals surface area contributed by atoms with E-state index in [2.05, 4.69) is 48.0 Å². The zero-order chi connectivity index (χ0) is 17.2. The van der Waals surface area contributed by atoms with Gasteiger partial charge in [-0.1, -0.05) is 55.1 Å². The predicted octanol–water partition coefficient (Wildman–Crippen LogP) is 4.74. The molecule has 1 aromatic carbocycles. The Morgan fingerprint density at radius 2 is 2.00 bits per heavy atom. The number of benzene rings is 1. The molecule has 0 fully saturated rings. The van der Waals surface area contributed by atoms with Gasteiger partial charge in [0.15, 0.2) is 0 Å². The molecule has 2 rings (SSSR count). The van der Waals surface area contributed by atoms with Crippen LogP contribution >= 0.6 is 0 Å². The van der Waals surface area contributed by atoms with Gasteiger partial charge in [-0.3, -0.25) is 0 Å². The predicted molar refractivity (Wildman–Crippen MR) is 100 cm³/mol. The van der Waals surface area contributed by atoms with Crippen LogP contribution in [0, 0.1) is 0 Å². The van der Waals surface area contributed by atoms with Crippen molar-refractivity contribution in [3.63, 3.8) is 0 Å². The van der Waals surface area contributed by atoms with Crippen LogP contribution < -0.4 is 5.32 Å². The van der Waals surface area contributed by atoms with Gasteiger partial charge >= 0.3 is 0 Å². The topological polar surface area (TPSA) is 15.3 Å². The summed E-state index contributed by atoms with van der Waals surface area (Å²) in [5.41, 5.74) is 2.17. The van der Waals surface area contributed by atoms with Gasteiger partial charge in [0.25, 0.3) is 0 Å². The van der Waals surface area contributed by atoms with Crippen LogP contribution in [0.2, 0.25) is 0 Å². The van der Waals surface area contributed by atoms with Gasteiger partial charge in [0.05, 0.1) is 5.82 Å². The lowest BCUT2D eigenvalue weighted by Gasteiger charge is -2.26. The zero-order valence-corrected chi connectivity index (χ0v) is 14.5. The van der Waals surface area contributed by atoms with E-state index in [1.54, 1.807) is 6.08 Å². The Kier molecular flexibility index (Phi) is 7.34. The molecule has 0 unspecified atom stereocenters. The minimum Gasteiger partial charge on any atom is -0.372 e. The maximum atomic E-state index is 13.9. The van der Waals surface area contributed by atoms with Gasteiger partial charge in [0.2, 0.25) is 0 Å². The third-order valence-corrected chi connectivity index (χ3v) is 4.22. The average Bonchev–Trinajstić information content (AvgIpc) is 2.81. The summed E-state index contributed by atoms with van der Waals surface area (Å²) in [5.74, 6) is 0.804. The van der Waals surface area contributed by atoms with Crippen LogP contribution in [0.3, 0.4) is 0 Å². The van der Waals surface area contributed by atoms with Gasteiger partial charge in [0.1, 0.15) is 5.83 Å². The first kappa shape index (κ1) is 18.1. The lowest BCUT2D eigenvalue weighted by atomic mass is 10.1. The minimum absolute atomic E-state index is 0.108. The standard InChI is InChI=1S/C21H27FN2/c1-3-24(17-15-19-10-6-4-7-11-19)18(2)23-16-14-20-12-8-5-9-13-21(20)22/h4-11,13,23H,2-3,12,14-17H2,1H3. The second kappa shape index (κ2) is 9.76. The molecular weight excluding hydrogens is 299 g/mol. The Morgan fingerprint density at radius 3 is 2.75 bits per heavy atom. The van der Waals surface area contributed by atoms with Crippen LogP contribution in [0.4, 0.5) is 4.39 Å². The largest absolute Gasteiger partial charge is 0.372 e. The smallest absolute Gasteiger partial charge is 0.122 e. The van der Waals surface area contributed by atoms with Crippen molar-refractivity contribution in [1.82, 2.24) is 10.2 Å². The van der Waals surface area contributed by atoms with Gasteiger partial charge < -0.3 is 10.2 Å². The first-order valence-corrected chi connectivity index (χ1v) is 8.63. The summed E-state index contributed by atoms with van der Waals surface area (Å²) >= 11 is 0. The summed E-state index contributed by atoms with van der Waals surface area (Å²) in [6.45, 7) is 8.79. The van der Waals surface area contributed by atoms with E-state index in [9.17, 15) is 4.39 Å². The normalized spacial score (nSPS) is 13.8. The second-order valence-corrected chi connectivity index (χ2v) is 5.88. The number of rotatable bonds is 9. The SMILES string of the molecule is C=C(NCCC1=C(F)C=CC=CC1)N(CC)CCc1ccccc1. The number of halogens is 1. The van der Waals surface area contributed by atoms with Crippen molar-refractivity contribution in [2.75, 3.05) is 19.6 Å². The van der Waals surface area contributed by atoms with Gasteiger partial charge in [0, 0.05) is 19.6 Å². The fourth-order valence-electron chi connectivity index (χ4n) is 2.73. The molecule has 1 aliphatic carbocycles. The van der Waals surface area contributed by atoms with Crippen molar-refractivity contribution in [1.29, 1.82) is 0 Å². The highest BCUT2D eigenvalue weighted by atomic mass is 19.1. The number of nitrogens with zero attached hydrogens (tertiary/aromatic N) is 1. The molecule has 0 radical (unpaired) electrons. The summed E-state index contributed by atoms with van der Waals surface area (Å²) in [6.07, 6.45) is 9.52. The second-order valence-electron chi connectivity index (χ2n) is 5.88. The molecule has 2 nitrogen and oxygen atoms in total. The first-order valence-electron chi connectivity index (χ1n) is 8.63. The average molecular weight is 326 g/mol. The molecule has 0 aromatic heterocycles. The molecule has 0 saturated carbocycles. The first-order chi connectivity index (χ1) is 11.7. The Balaban J connectivity index is 1.77. The van der Waals surface area contributed by atoms with E-state index in [1.165, 1.54) is 11.6 Å². The van der Waals surface area contributed by atoms with E-state index in [1.807, 2.05) is 18.2 Å². The van der Waals surface area contributed by atoms with Crippen LogP contribution in [0.15, 0.2) is 78.4 Å². The zero-order valence-electron chi connectivity index (χ0n) is 14.5. The van der Waals surface area contributed by atoms with Crippen molar-refractivity contribution in [2.24, 2.45) is 0 Å². The molecule has 1 aliphatic rings. The fourth-order valence-corrected chi connectivity index (χ4v) is 2.73. The molecule has 0 amide bonds. The van der Waals surface area contributed by atoms with Crippen LogP contribution in [-0.4, -0.2) is 24.5 Å². The van der Waals surface area contributed by atoms with E-state index in [0.717, 1.165) is 30.9 Å². The highest BCUT2D eigenvalue weighted by Crippen LogP contribution is 2.18. The Labute approximate surface area is 145 Å². The van der Waals surface area contributed by atoms with Crippen LogP contribution in [0.1, 0.15) is 25.3 Å². The maximum absolute atomic E-state index is 13.9. The van der Waals surface area contributed by atoms with E-state index >= 15 is 0 Å². The molecule has 0 heterocycles. The van der Waals surface area contributed by atoms with Crippen molar-refractivity contribution >= 4 is 0 Å². The number of nitrogens with one attached hydrogen (secondary N) is 1. The van der Waals surface area contributed by atoms with Gasteiger partial charge in [-0.05, 0) is 43.4 Å². The minimum atomic E-state index is -0.108. The quantitative estimate of drug-likeness (QED) is 0.705. The molecule has 0 saturated heterocycles. The molecular formula is C21H27FN2. The molecule has 1 N–H and O–H groups in total. The van der Waals surface area contributed by atoms with Crippen molar-refractivity contribution < 1.29 is 4.39 Å². The van der Waals surface area contributed by atoms with Crippen LogP contribution in [0.25, 0.3) is 0 Å². The molecule has 128 valence electrons. The van der Waals surface area contributed by atoms with Crippen LogP contribution in [0.5, 0.6) is 0 Å². The van der Waals surface area contributed by atoms with E-state index in [-0.39, 0.29) is 5.83 Å². The number of likely N-dealkylation sites (N-methyl/N-ethyl adjacent to an activating group) is 1. The van der Waals surface area contributed by atoms with Gasteiger partial charge in [-0.15, -0.1) is 0 Å². The molecule has 0 atom stereocenters. The van der Waals surface area contributed by atoms with E-state index < -0.39 is 0 Å². The number of hydrogen-bond acceptors (Lipinski definition) is 2. The summed E-state index contributed by atoms with van der Waals surface area (Å²) in [4.78, 5) is 2.23. The third-order valence-electron chi connectivity index (χ3n) is 4.22. The highest BCUT2D eigenvalue weighted by Gasteiger charge is 2.08.